The molecule has 2 N–H and O–H groups in total. The number of nitrogens with one attached hydrogen (secondary N) is 2. The third kappa shape index (κ3) is 3.95. The normalized spacial score (nSPS) is 36.1. The highest BCUT2D eigenvalue weighted by Gasteiger charge is 2.40. The molecule has 2 fully saturated rings. The first-order chi connectivity index (χ1) is 8.35. The van der Waals surface area contributed by atoms with Crippen molar-refractivity contribution in [3.63, 3.8) is 0 Å². The van der Waals surface area contributed by atoms with E-state index in [-0.39, 0.29) is 23.9 Å². The van der Waals surface area contributed by atoms with Gasteiger partial charge in [-0.25, -0.2) is 13.1 Å². The van der Waals surface area contributed by atoms with Crippen LogP contribution in [0.3, 0.4) is 0 Å². The summed E-state index contributed by atoms with van der Waals surface area (Å²) in [6.45, 7) is 2.09. The molecule has 0 heterocycles. The lowest BCUT2D eigenvalue weighted by Crippen LogP contribution is -2.44. The number of amides is 1. The van der Waals surface area contributed by atoms with E-state index in [9.17, 15) is 13.2 Å². The average Bonchev–Trinajstić information content (AvgIpc) is 2.96. The smallest absolute Gasteiger partial charge is 0.223 e. The summed E-state index contributed by atoms with van der Waals surface area (Å²) in [5.74, 6) is 0.937. The lowest BCUT2D eigenvalue weighted by molar-refractivity contribution is -0.123. The second kappa shape index (κ2) is 5.17. The van der Waals surface area contributed by atoms with Crippen LogP contribution >= 0.6 is 0 Å². The fraction of sp³-hybridized carbons (Fsp3) is 0.917. The van der Waals surface area contributed by atoms with Gasteiger partial charge in [-0.15, -0.1) is 0 Å². The zero-order chi connectivity index (χ0) is 13.3. The van der Waals surface area contributed by atoms with Gasteiger partial charge in [-0.2, -0.15) is 0 Å². The van der Waals surface area contributed by atoms with Crippen LogP contribution in [-0.2, 0) is 14.8 Å². The first-order valence-electron chi connectivity index (χ1n) is 6.63. The molecule has 0 bridgehead atoms. The van der Waals surface area contributed by atoms with Crippen molar-refractivity contribution in [1.29, 1.82) is 0 Å². The van der Waals surface area contributed by atoms with Crippen molar-refractivity contribution in [1.82, 2.24) is 10.0 Å². The summed E-state index contributed by atoms with van der Waals surface area (Å²) in [4.78, 5) is 11.8. The minimum atomic E-state index is -3.11. The van der Waals surface area contributed by atoms with E-state index in [1.807, 2.05) is 0 Å². The van der Waals surface area contributed by atoms with Crippen LogP contribution in [-0.4, -0.2) is 32.7 Å². The van der Waals surface area contributed by atoms with Gasteiger partial charge in [-0.05, 0) is 38.0 Å². The molecular weight excluding hydrogens is 252 g/mol. The highest BCUT2D eigenvalue weighted by atomic mass is 32.2. The molecule has 0 aromatic rings. The number of hydrogen-bond acceptors (Lipinski definition) is 3. The van der Waals surface area contributed by atoms with Gasteiger partial charge in [-0.1, -0.05) is 6.92 Å². The van der Waals surface area contributed by atoms with Gasteiger partial charge in [0.05, 0.1) is 6.26 Å². The van der Waals surface area contributed by atoms with Crippen LogP contribution < -0.4 is 10.0 Å². The number of carbonyl (C=O) groups is 1. The maximum atomic E-state index is 11.8. The van der Waals surface area contributed by atoms with Gasteiger partial charge in [0.15, 0.2) is 0 Å². The third-order valence-corrected chi connectivity index (χ3v) is 4.66. The van der Waals surface area contributed by atoms with Crippen LogP contribution in [0.2, 0.25) is 0 Å². The summed E-state index contributed by atoms with van der Waals surface area (Å²) in [7, 11) is -3.11. The molecule has 104 valence electrons. The van der Waals surface area contributed by atoms with E-state index in [4.69, 9.17) is 0 Å². The van der Waals surface area contributed by atoms with Crippen LogP contribution in [0.15, 0.2) is 0 Å². The molecule has 2 aliphatic rings. The second-order valence-corrected chi connectivity index (χ2v) is 7.55. The van der Waals surface area contributed by atoms with E-state index in [0.29, 0.717) is 5.92 Å². The lowest BCUT2D eigenvalue weighted by atomic mass is 9.91. The molecule has 0 saturated heterocycles. The van der Waals surface area contributed by atoms with Crippen molar-refractivity contribution in [2.24, 2.45) is 11.8 Å². The highest BCUT2D eigenvalue weighted by molar-refractivity contribution is 7.88. The second-order valence-electron chi connectivity index (χ2n) is 5.77. The van der Waals surface area contributed by atoms with E-state index in [1.165, 1.54) is 6.26 Å². The Kier molecular flexibility index (Phi) is 3.96. The first-order valence-corrected chi connectivity index (χ1v) is 8.52. The van der Waals surface area contributed by atoms with Gasteiger partial charge in [0, 0.05) is 18.0 Å². The summed E-state index contributed by atoms with van der Waals surface area (Å²) < 4.78 is 24.9. The zero-order valence-electron chi connectivity index (χ0n) is 11.0. The Balaban J connectivity index is 1.72. The van der Waals surface area contributed by atoms with Crippen molar-refractivity contribution >= 4 is 15.9 Å². The quantitative estimate of drug-likeness (QED) is 0.789. The van der Waals surface area contributed by atoms with E-state index < -0.39 is 10.0 Å². The summed E-state index contributed by atoms with van der Waals surface area (Å²) in [5, 5.41) is 3.08. The molecule has 0 aromatic carbocycles. The van der Waals surface area contributed by atoms with Crippen LogP contribution in [0.5, 0.6) is 0 Å². The van der Waals surface area contributed by atoms with Gasteiger partial charge >= 0.3 is 0 Å². The monoisotopic (exact) mass is 274 g/mol. The fourth-order valence-electron chi connectivity index (χ4n) is 2.65. The molecule has 2 rings (SSSR count). The Morgan fingerprint density at radius 2 is 1.61 bits per heavy atom. The van der Waals surface area contributed by atoms with Gasteiger partial charge in [0.25, 0.3) is 0 Å². The van der Waals surface area contributed by atoms with Crippen LogP contribution in [0.4, 0.5) is 0 Å². The van der Waals surface area contributed by atoms with E-state index in [0.717, 1.165) is 32.1 Å². The van der Waals surface area contributed by atoms with Crippen molar-refractivity contribution < 1.29 is 13.2 Å². The summed E-state index contributed by atoms with van der Waals surface area (Å²) in [6, 6.07) is 0.260. The fourth-order valence-corrected chi connectivity index (χ4v) is 3.50. The summed E-state index contributed by atoms with van der Waals surface area (Å²) in [6.07, 6.45) is 5.53. The third-order valence-electron chi connectivity index (χ3n) is 3.90. The van der Waals surface area contributed by atoms with Crippen molar-refractivity contribution in [3.8, 4) is 0 Å². The molecule has 5 nitrogen and oxygen atoms in total. The highest BCUT2D eigenvalue weighted by Crippen LogP contribution is 2.38. The van der Waals surface area contributed by atoms with Crippen molar-refractivity contribution in [3.05, 3.63) is 0 Å². The predicted molar refractivity (Wildman–Crippen MR) is 69.4 cm³/mol. The molecular formula is C12H22N2O3S. The van der Waals surface area contributed by atoms with Crippen LogP contribution in [0.25, 0.3) is 0 Å². The summed E-state index contributed by atoms with van der Waals surface area (Å²) >= 11 is 0. The van der Waals surface area contributed by atoms with Gasteiger partial charge < -0.3 is 5.32 Å². The molecule has 18 heavy (non-hydrogen) atoms. The molecule has 0 radical (unpaired) electrons. The standard InChI is InChI=1S/C12H22N2O3S/c1-8-7-11(8)12(15)13-9-3-5-10(6-4-9)14-18(2,16)17/h8-11,14H,3-7H2,1-2H3,(H,13,15)/t8-,9?,10?,11+/m0/s1. The molecule has 0 spiro atoms. The number of hydrogen-bond donors (Lipinski definition) is 2. The molecule has 2 aliphatic carbocycles. The molecule has 2 saturated carbocycles. The minimum absolute atomic E-state index is 0.0352. The lowest BCUT2D eigenvalue weighted by Gasteiger charge is -2.29. The minimum Gasteiger partial charge on any atom is -0.353 e. The molecule has 1 amide bonds. The van der Waals surface area contributed by atoms with Gasteiger partial charge in [0.1, 0.15) is 0 Å². The molecule has 0 unspecified atom stereocenters. The van der Waals surface area contributed by atoms with E-state index >= 15 is 0 Å². The number of sulfonamides is 1. The topological polar surface area (TPSA) is 75.3 Å². The number of carbonyl (C=O) groups excluding carboxylic acids is 1. The van der Waals surface area contributed by atoms with Gasteiger partial charge in [0.2, 0.25) is 15.9 Å². The molecule has 6 heteroatoms. The molecule has 2 atom stereocenters. The SMILES string of the molecule is C[C@H]1C[C@H]1C(=O)NC1CCC(NS(C)(=O)=O)CC1. The first kappa shape index (κ1) is 13.8. The van der Waals surface area contributed by atoms with Gasteiger partial charge in [-0.3, -0.25) is 4.79 Å². The van der Waals surface area contributed by atoms with Crippen LogP contribution in [0.1, 0.15) is 39.0 Å². The Morgan fingerprint density at radius 3 is 2.06 bits per heavy atom. The largest absolute Gasteiger partial charge is 0.353 e. The predicted octanol–water partition coefficient (Wildman–Crippen LogP) is 0.619. The molecule has 0 aromatic heterocycles. The Hall–Kier alpha value is -0.620. The van der Waals surface area contributed by atoms with E-state index in [2.05, 4.69) is 17.0 Å². The Morgan fingerprint density at radius 1 is 1.11 bits per heavy atom. The summed E-state index contributed by atoms with van der Waals surface area (Å²) in [5.41, 5.74) is 0. The maximum Gasteiger partial charge on any atom is 0.223 e. The molecule has 0 aliphatic heterocycles. The Labute approximate surface area is 109 Å². The zero-order valence-corrected chi connectivity index (χ0v) is 11.8. The van der Waals surface area contributed by atoms with Crippen molar-refractivity contribution in [2.75, 3.05) is 6.26 Å². The van der Waals surface area contributed by atoms with Crippen molar-refractivity contribution in [2.45, 2.75) is 51.1 Å². The number of rotatable bonds is 4. The van der Waals surface area contributed by atoms with Crippen LogP contribution in [0, 0.1) is 11.8 Å². The van der Waals surface area contributed by atoms with E-state index in [1.54, 1.807) is 0 Å². The average molecular weight is 274 g/mol. The Bertz CT molecular complexity index is 413. The maximum absolute atomic E-state index is 11.8.